The summed E-state index contributed by atoms with van der Waals surface area (Å²) in [6, 6.07) is 12.1. The van der Waals surface area contributed by atoms with E-state index in [9.17, 15) is 9.18 Å². The number of methoxy groups -OCH3 is 2. The molecule has 1 amide bonds. The van der Waals surface area contributed by atoms with Crippen molar-refractivity contribution < 1.29 is 18.7 Å². The Hall–Kier alpha value is -2.21. The van der Waals surface area contributed by atoms with Crippen LogP contribution in [0.4, 0.5) is 4.39 Å². The minimum Gasteiger partial charge on any atom is -0.493 e. The van der Waals surface area contributed by atoms with Gasteiger partial charge in [0, 0.05) is 29.2 Å². The van der Waals surface area contributed by atoms with Crippen molar-refractivity contribution in [1.29, 1.82) is 0 Å². The molecule has 0 aromatic heterocycles. The number of carbonyl (C=O) groups excluding carboxylic acids is 1. The van der Waals surface area contributed by atoms with Crippen molar-refractivity contribution in [3.8, 4) is 11.5 Å². The van der Waals surface area contributed by atoms with Gasteiger partial charge >= 0.3 is 0 Å². The molecule has 0 fully saturated rings. The van der Waals surface area contributed by atoms with Gasteiger partial charge < -0.3 is 14.8 Å². The molecule has 0 atom stereocenters. The van der Waals surface area contributed by atoms with Crippen LogP contribution in [-0.2, 0) is 11.3 Å². The zero-order valence-electron chi connectivity index (χ0n) is 13.7. The number of hydrogen-bond donors (Lipinski definition) is 1. The van der Waals surface area contributed by atoms with Gasteiger partial charge in [0.1, 0.15) is 5.82 Å². The third-order valence-electron chi connectivity index (χ3n) is 3.38. The van der Waals surface area contributed by atoms with E-state index in [0.29, 0.717) is 35.1 Å². The van der Waals surface area contributed by atoms with Gasteiger partial charge in [-0.05, 0) is 18.2 Å². The fourth-order valence-corrected chi connectivity index (χ4v) is 3.08. The first-order valence-corrected chi connectivity index (χ1v) is 8.48. The van der Waals surface area contributed by atoms with Gasteiger partial charge in [0.2, 0.25) is 5.91 Å². The highest BCUT2D eigenvalue weighted by atomic mass is 32.2. The first-order chi connectivity index (χ1) is 11.7. The molecule has 1 N–H and O–H groups in total. The summed E-state index contributed by atoms with van der Waals surface area (Å²) in [5.41, 5.74) is 0.840. The van der Waals surface area contributed by atoms with E-state index < -0.39 is 0 Å². The quantitative estimate of drug-likeness (QED) is 0.739. The predicted molar refractivity (Wildman–Crippen MR) is 93.1 cm³/mol. The molecule has 0 unspecified atom stereocenters. The number of carbonyl (C=O) groups is 1. The van der Waals surface area contributed by atoms with Gasteiger partial charge in [-0.1, -0.05) is 24.3 Å². The number of benzene rings is 2. The van der Waals surface area contributed by atoms with Crippen LogP contribution in [-0.4, -0.2) is 25.9 Å². The topological polar surface area (TPSA) is 47.6 Å². The summed E-state index contributed by atoms with van der Waals surface area (Å²) in [6.07, 6.45) is 0.311. The fourth-order valence-electron chi connectivity index (χ4n) is 2.19. The minimum absolute atomic E-state index is 0.0938. The van der Waals surface area contributed by atoms with E-state index in [2.05, 4.69) is 5.32 Å². The third-order valence-corrected chi connectivity index (χ3v) is 4.43. The highest BCUT2D eigenvalue weighted by Gasteiger charge is 2.11. The van der Waals surface area contributed by atoms with E-state index in [1.54, 1.807) is 38.5 Å². The second-order valence-corrected chi connectivity index (χ2v) is 6.10. The van der Waals surface area contributed by atoms with Gasteiger partial charge in [0.25, 0.3) is 0 Å². The largest absolute Gasteiger partial charge is 0.493 e. The van der Waals surface area contributed by atoms with Crippen LogP contribution in [0, 0.1) is 5.82 Å². The Kier molecular flexibility index (Phi) is 6.93. The summed E-state index contributed by atoms with van der Waals surface area (Å²) in [6.45, 7) is 0.351. The lowest BCUT2D eigenvalue weighted by atomic mass is 10.2. The molecule has 0 aliphatic carbocycles. The standard InChI is InChI=1S/C18H20FNO3S/c1-22-15-8-5-6-13(18(15)23-2)12-20-17(21)10-11-24-16-9-4-3-7-14(16)19/h3-9H,10-12H2,1-2H3,(H,20,21). The number of amides is 1. The molecular weight excluding hydrogens is 329 g/mol. The molecule has 2 aromatic rings. The van der Waals surface area contributed by atoms with Gasteiger partial charge in [-0.25, -0.2) is 4.39 Å². The van der Waals surface area contributed by atoms with Crippen molar-refractivity contribution in [2.45, 2.75) is 17.9 Å². The van der Waals surface area contributed by atoms with Gasteiger partial charge in [0.15, 0.2) is 11.5 Å². The lowest BCUT2D eigenvalue weighted by Crippen LogP contribution is -2.23. The van der Waals surface area contributed by atoms with Crippen LogP contribution in [0.5, 0.6) is 11.5 Å². The van der Waals surface area contributed by atoms with Crippen molar-refractivity contribution >= 4 is 17.7 Å². The maximum atomic E-state index is 13.5. The summed E-state index contributed by atoms with van der Waals surface area (Å²) in [5, 5.41) is 2.84. The number of thioether (sulfide) groups is 1. The van der Waals surface area contributed by atoms with E-state index in [1.165, 1.54) is 17.8 Å². The fraction of sp³-hybridized carbons (Fsp3) is 0.278. The maximum Gasteiger partial charge on any atom is 0.221 e. The molecule has 24 heavy (non-hydrogen) atoms. The van der Waals surface area contributed by atoms with Crippen molar-refractivity contribution in [2.24, 2.45) is 0 Å². The van der Waals surface area contributed by atoms with E-state index in [-0.39, 0.29) is 11.7 Å². The molecular formula is C18H20FNO3S. The molecule has 4 nitrogen and oxygen atoms in total. The number of para-hydroxylation sites is 1. The van der Waals surface area contributed by atoms with Crippen molar-refractivity contribution in [1.82, 2.24) is 5.32 Å². The number of halogens is 1. The van der Waals surface area contributed by atoms with Crippen LogP contribution >= 0.6 is 11.8 Å². The molecule has 0 aliphatic rings. The second-order valence-electron chi connectivity index (χ2n) is 4.96. The smallest absolute Gasteiger partial charge is 0.221 e. The summed E-state index contributed by atoms with van der Waals surface area (Å²) in [4.78, 5) is 12.5. The average molecular weight is 349 g/mol. The monoisotopic (exact) mass is 349 g/mol. The molecule has 0 saturated carbocycles. The number of rotatable bonds is 8. The SMILES string of the molecule is COc1cccc(CNC(=O)CCSc2ccccc2F)c1OC. The molecule has 0 radical (unpaired) electrons. The van der Waals surface area contributed by atoms with Gasteiger partial charge in [-0.15, -0.1) is 11.8 Å². The molecule has 0 saturated heterocycles. The average Bonchev–Trinajstić information content (AvgIpc) is 2.61. The van der Waals surface area contributed by atoms with Gasteiger partial charge in [-0.2, -0.15) is 0 Å². The maximum absolute atomic E-state index is 13.5. The van der Waals surface area contributed by atoms with E-state index in [0.717, 1.165) is 5.56 Å². The zero-order valence-corrected chi connectivity index (χ0v) is 14.5. The Morgan fingerprint density at radius 1 is 1.12 bits per heavy atom. The minimum atomic E-state index is -0.260. The number of nitrogens with one attached hydrogen (secondary N) is 1. The lowest BCUT2D eigenvalue weighted by Gasteiger charge is -2.13. The van der Waals surface area contributed by atoms with Crippen LogP contribution < -0.4 is 14.8 Å². The van der Waals surface area contributed by atoms with Crippen LogP contribution in [0.1, 0.15) is 12.0 Å². The van der Waals surface area contributed by atoms with Crippen molar-refractivity contribution in [3.05, 3.63) is 53.8 Å². The van der Waals surface area contributed by atoms with Crippen LogP contribution in [0.3, 0.4) is 0 Å². The molecule has 2 aromatic carbocycles. The Morgan fingerprint density at radius 3 is 2.62 bits per heavy atom. The van der Waals surface area contributed by atoms with E-state index >= 15 is 0 Å². The van der Waals surface area contributed by atoms with Crippen molar-refractivity contribution in [3.63, 3.8) is 0 Å². The molecule has 6 heteroatoms. The van der Waals surface area contributed by atoms with Crippen LogP contribution in [0.25, 0.3) is 0 Å². The summed E-state index contributed by atoms with van der Waals surface area (Å²) < 4.78 is 24.1. The van der Waals surface area contributed by atoms with Crippen LogP contribution in [0.15, 0.2) is 47.4 Å². The Bertz CT molecular complexity index is 694. The Labute approximate surface area is 145 Å². The first kappa shape index (κ1) is 18.1. The Balaban J connectivity index is 1.82. The second kappa shape index (κ2) is 9.17. The Morgan fingerprint density at radius 2 is 1.92 bits per heavy atom. The molecule has 128 valence electrons. The zero-order chi connectivity index (χ0) is 17.4. The lowest BCUT2D eigenvalue weighted by molar-refractivity contribution is -0.120. The summed E-state index contributed by atoms with van der Waals surface area (Å²) in [5.74, 6) is 1.40. The highest BCUT2D eigenvalue weighted by molar-refractivity contribution is 7.99. The van der Waals surface area contributed by atoms with Crippen molar-refractivity contribution in [2.75, 3.05) is 20.0 Å². The predicted octanol–water partition coefficient (Wildman–Crippen LogP) is 3.64. The molecule has 0 heterocycles. The first-order valence-electron chi connectivity index (χ1n) is 7.49. The third kappa shape index (κ3) is 4.89. The number of hydrogen-bond acceptors (Lipinski definition) is 4. The normalized spacial score (nSPS) is 10.3. The number of ether oxygens (including phenoxy) is 2. The molecule has 0 bridgehead atoms. The van der Waals surface area contributed by atoms with E-state index in [1.807, 2.05) is 12.1 Å². The molecule has 0 spiro atoms. The molecule has 0 aliphatic heterocycles. The van der Waals surface area contributed by atoms with Crippen LogP contribution in [0.2, 0.25) is 0 Å². The van der Waals surface area contributed by atoms with E-state index in [4.69, 9.17) is 9.47 Å². The summed E-state index contributed by atoms with van der Waals surface area (Å²) in [7, 11) is 3.13. The van der Waals surface area contributed by atoms with Gasteiger partial charge in [-0.3, -0.25) is 4.79 Å². The van der Waals surface area contributed by atoms with Gasteiger partial charge in [0.05, 0.1) is 14.2 Å². The summed E-state index contributed by atoms with van der Waals surface area (Å²) >= 11 is 1.33. The highest BCUT2D eigenvalue weighted by Crippen LogP contribution is 2.30. The molecule has 2 rings (SSSR count).